The quantitative estimate of drug-likeness (QED) is 0.379. The third-order valence-corrected chi connectivity index (χ3v) is 1.52. The van der Waals surface area contributed by atoms with Gasteiger partial charge in [-0.3, -0.25) is 15.6 Å². The lowest BCUT2D eigenvalue weighted by atomic mass is 10.2. The van der Waals surface area contributed by atoms with Gasteiger partial charge in [0.2, 0.25) is 0 Å². The highest BCUT2D eigenvalue weighted by Crippen LogP contribution is 2.07. The van der Waals surface area contributed by atoms with E-state index in [1.165, 1.54) is 0 Å². The number of hydrazine groups is 1. The predicted molar refractivity (Wildman–Crippen MR) is 53.2 cm³/mol. The van der Waals surface area contributed by atoms with Gasteiger partial charge in [0.15, 0.2) is 0 Å². The van der Waals surface area contributed by atoms with Crippen molar-refractivity contribution < 1.29 is 10.0 Å². The molecule has 14 heavy (non-hydrogen) atoms. The summed E-state index contributed by atoms with van der Waals surface area (Å²) >= 11 is 0. The molecule has 0 unspecified atom stereocenters. The molecule has 0 saturated heterocycles. The van der Waals surface area contributed by atoms with E-state index in [0.29, 0.717) is 0 Å². The molecule has 0 spiro atoms. The largest absolute Gasteiger partial charge is 0.411 e. The number of anilines is 1. The van der Waals surface area contributed by atoms with Gasteiger partial charge in [0.25, 0.3) is 5.91 Å². The lowest BCUT2D eigenvalue weighted by molar-refractivity contribution is -0.114. The fraction of sp³-hybridized carbons (Fsp3) is 0.111. The lowest BCUT2D eigenvalue weighted by Gasteiger charge is -2.06. The van der Waals surface area contributed by atoms with Gasteiger partial charge in [-0.1, -0.05) is 17.3 Å². The zero-order valence-corrected chi connectivity index (χ0v) is 7.69. The Kier molecular flexibility index (Phi) is 3.49. The van der Waals surface area contributed by atoms with E-state index in [4.69, 9.17) is 5.21 Å². The molecule has 74 valence electrons. The van der Waals surface area contributed by atoms with Gasteiger partial charge in [0, 0.05) is 0 Å². The van der Waals surface area contributed by atoms with Crippen LogP contribution in [-0.4, -0.2) is 17.3 Å². The number of benzene rings is 1. The summed E-state index contributed by atoms with van der Waals surface area (Å²) in [6.45, 7) is 1.95. The van der Waals surface area contributed by atoms with Gasteiger partial charge in [0.1, 0.15) is 6.21 Å². The van der Waals surface area contributed by atoms with Gasteiger partial charge in [-0.05, 0) is 24.6 Å². The number of carbonyl (C=O) groups is 1. The first-order valence-corrected chi connectivity index (χ1v) is 4.02. The molecule has 3 N–H and O–H groups in total. The van der Waals surface area contributed by atoms with Crippen LogP contribution in [0.1, 0.15) is 5.56 Å². The van der Waals surface area contributed by atoms with Crippen LogP contribution in [0.25, 0.3) is 0 Å². The smallest absolute Gasteiger partial charge is 0.284 e. The zero-order valence-electron chi connectivity index (χ0n) is 7.69. The van der Waals surface area contributed by atoms with Crippen LogP contribution in [0.5, 0.6) is 0 Å². The summed E-state index contributed by atoms with van der Waals surface area (Å²) in [5.74, 6) is -0.519. The van der Waals surface area contributed by atoms with Crippen molar-refractivity contribution in [1.82, 2.24) is 5.43 Å². The Morgan fingerprint density at radius 1 is 1.57 bits per heavy atom. The second kappa shape index (κ2) is 4.86. The van der Waals surface area contributed by atoms with Crippen molar-refractivity contribution in [1.29, 1.82) is 0 Å². The normalized spacial score (nSPS) is 10.1. The molecular weight excluding hydrogens is 182 g/mol. The molecule has 0 atom stereocenters. The average molecular weight is 193 g/mol. The fourth-order valence-corrected chi connectivity index (χ4v) is 0.941. The SMILES string of the molecule is Cc1cccc(NNC(=O)/C=N/O)c1. The number of amides is 1. The highest BCUT2D eigenvalue weighted by molar-refractivity contribution is 6.26. The second-order valence-corrected chi connectivity index (χ2v) is 2.73. The van der Waals surface area contributed by atoms with E-state index in [-0.39, 0.29) is 0 Å². The van der Waals surface area contributed by atoms with Crippen LogP contribution in [0.3, 0.4) is 0 Å². The number of rotatable bonds is 3. The van der Waals surface area contributed by atoms with Crippen LogP contribution < -0.4 is 10.9 Å². The van der Waals surface area contributed by atoms with Crippen molar-refractivity contribution >= 4 is 17.8 Å². The molecule has 1 rings (SSSR count). The maximum absolute atomic E-state index is 10.8. The summed E-state index contributed by atoms with van der Waals surface area (Å²) in [6.07, 6.45) is 0.767. The van der Waals surface area contributed by atoms with E-state index >= 15 is 0 Å². The van der Waals surface area contributed by atoms with E-state index < -0.39 is 5.91 Å². The number of oxime groups is 1. The van der Waals surface area contributed by atoms with Crippen molar-refractivity contribution in [3.05, 3.63) is 29.8 Å². The fourth-order valence-electron chi connectivity index (χ4n) is 0.941. The molecule has 1 aromatic rings. The number of carbonyl (C=O) groups excluding carboxylic acids is 1. The second-order valence-electron chi connectivity index (χ2n) is 2.73. The van der Waals surface area contributed by atoms with Gasteiger partial charge < -0.3 is 5.21 Å². The van der Waals surface area contributed by atoms with Crippen molar-refractivity contribution in [2.75, 3.05) is 5.43 Å². The van der Waals surface area contributed by atoms with Gasteiger partial charge in [-0.15, -0.1) is 0 Å². The highest BCUT2D eigenvalue weighted by atomic mass is 16.4. The van der Waals surface area contributed by atoms with Gasteiger partial charge in [-0.2, -0.15) is 0 Å². The van der Waals surface area contributed by atoms with Gasteiger partial charge in [0.05, 0.1) is 5.69 Å². The Balaban J connectivity index is 2.49. The zero-order chi connectivity index (χ0) is 10.4. The molecule has 0 aromatic heterocycles. The Morgan fingerprint density at radius 3 is 3.00 bits per heavy atom. The summed E-state index contributed by atoms with van der Waals surface area (Å²) < 4.78 is 0. The van der Waals surface area contributed by atoms with Gasteiger partial charge in [-0.25, -0.2) is 0 Å². The maximum Gasteiger partial charge on any atom is 0.284 e. The number of hydrogen-bond acceptors (Lipinski definition) is 4. The van der Waals surface area contributed by atoms with Crippen molar-refractivity contribution in [3.8, 4) is 0 Å². The Bertz CT molecular complexity index is 350. The topological polar surface area (TPSA) is 73.7 Å². The Hall–Kier alpha value is -2.04. The van der Waals surface area contributed by atoms with Crippen LogP contribution in [0.2, 0.25) is 0 Å². The van der Waals surface area contributed by atoms with Crippen molar-refractivity contribution in [2.24, 2.45) is 5.16 Å². The van der Waals surface area contributed by atoms with Gasteiger partial charge >= 0.3 is 0 Å². The number of hydrogen-bond donors (Lipinski definition) is 3. The molecule has 0 aliphatic rings. The standard InChI is InChI=1S/C9H11N3O2/c1-7-3-2-4-8(5-7)11-12-9(13)6-10-14/h2-6,11,14H,1H3,(H,12,13)/b10-6+. The minimum Gasteiger partial charge on any atom is -0.411 e. The lowest BCUT2D eigenvalue weighted by Crippen LogP contribution is -2.30. The van der Waals surface area contributed by atoms with Crippen LogP contribution >= 0.6 is 0 Å². The first-order valence-electron chi connectivity index (χ1n) is 4.02. The summed E-state index contributed by atoms with van der Waals surface area (Å²) in [4.78, 5) is 10.8. The van der Waals surface area contributed by atoms with Crippen molar-refractivity contribution in [3.63, 3.8) is 0 Å². The number of aryl methyl sites for hydroxylation is 1. The molecule has 5 heteroatoms. The van der Waals surface area contributed by atoms with E-state index in [1.54, 1.807) is 0 Å². The molecular formula is C9H11N3O2. The van der Waals surface area contributed by atoms with Crippen molar-refractivity contribution in [2.45, 2.75) is 6.92 Å². The molecule has 0 aliphatic heterocycles. The third kappa shape index (κ3) is 3.14. The molecule has 1 amide bonds. The minimum absolute atomic E-state index is 0.519. The number of nitrogens with zero attached hydrogens (tertiary/aromatic N) is 1. The van der Waals surface area contributed by atoms with Crippen LogP contribution in [0.15, 0.2) is 29.4 Å². The molecule has 0 heterocycles. The van der Waals surface area contributed by atoms with E-state index in [2.05, 4.69) is 16.0 Å². The molecule has 0 bridgehead atoms. The Morgan fingerprint density at radius 2 is 2.36 bits per heavy atom. The molecule has 0 fully saturated rings. The van der Waals surface area contributed by atoms with Crippen LogP contribution in [0, 0.1) is 6.92 Å². The summed E-state index contributed by atoms with van der Waals surface area (Å²) in [5.41, 5.74) is 6.85. The summed E-state index contributed by atoms with van der Waals surface area (Å²) in [5, 5.41) is 10.6. The first-order chi connectivity index (χ1) is 6.72. The Labute approximate surface area is 81.4 Å². The molecule has 1 aromatic carbocycles. The van der Waals surface area contributed by atoms with Crippen LogP contribution in [0.4, 0.5) is 5.69 Å². The molecule has 0 saturated carbocycles. The maximum atomic E-state index is 10.8. The van der Waals surface area contributed by atoms with E-state index in [9.17, 15) is 4.79 Å². The third-order valence-electron chi connectivity index (χ3n) is 1.52. The summed E-state index contributed by atoms with van der Waals surface area (Å²) in [7, 11) is 0. The minimum atomic E-state index is -0.519. The molecule has 0 aliphatic carbocycles. The first kappa shape index (κ1) is 10.0. The monoisotopic (exact) mass is 193 g/mol. The predicted octanol–water partition coefficient (Wildman–Crippen LogP) is 0.898. The van der Waals surface area contributed by atoms with E-state index in [1.807, 2.05) is 31.2 Å². The highest BCUT2D eigenvalue weighted by Gasteiger charge is 1.95. The number of nitrogens with one attached hydrogen (secondary N) is 2. The molecule has 0 radical (unpaired) electrons. The average Bonchev–Trinajstić information content (AvgIpc) is 2.15. The summed E-state index contributed by atoms with van der Waals surface area (Å²) in [6, 6.07) is 7.49. The van der Waals surface area contributed by atoms with Crippen LogP contribution in [-0.2, 0) is 4.79 Å². The molecule has 5 nitrogen and oxygen atoms in total. The van der Waals surface area contributed by atoms with E-state index in [0.717, 1.165) is 17.5 Å².